The van der Waals surface area contributed by atoms with Crippen LogP contribution >= 0.6 is 11.3 Å². The van der Waals surface area contributed by atoms with E-state index in [9.17, 15) is 4.39 Å². The van der Waals surface area contributed by atoms with Crippen molar-refractivity contribution in [2.24, 2.45) is 5.84 Å². The van der Waals surface area contributed by atoms with E-state index in [4.69, 9.17) is 5.84 Å². The lowest BCUT2D eigenvalue weighted by Crippen LogP contribution is -2.28. The molecular formula is C14H17FN2S. The lowest BCUT2D eigenvalue weighted by Gasteiger charge is -2.14. The predicted octanol–water partition coefficient (Wildman–Crippen LogP) is 3.25. The van der Waals surface area contributed by atoms with Crippen LogP contribution in [0.15, 0.2) is 30.3 Å². The van der Waals surface area contributed by atoms with Gasteiger partial charge in [-0.25, -0.2) is 4.39 Å². The Kier molecular flexibility index (Phi) is 4.11. The molecule has 2 rings (SSSR count). The van der Waals surface area contributed by atoms with E-state index in [0.29, 0.717) is 0 Å². The second-order valence-electron chi connectivity index (χ2n) is 4.44. The van der Waals surface area contributed by atoms with Crippen LogP contribution in [0.5, 0.6) is 0 Å². The zero-order valence-electron chi connectivity index (χ0n) is 10.5. The maximum absolute atomic E-state index is 12.8. The first-order chi connectivity index (χ1) is 8.60. The quantitative estimate of drug-likeness (QED) is 0.657. The molecule has 0 spiro atoms. The Hall–Kier alpha value is -1.23. The highest BCUT2D eigenvalue weighted by atomic mass is 32.1. The minimum atomic E-state index is -0.209. The first-order valence-electron chi connectivity index (χ1n) is 5.87. The third-order valence-electron chi connectivity index (χ3n) is 3.08. The van der Waals surface area contributed by atoms with Gasteiger partial charge in [-0.05, 0) is 49.6 Å². The van der Waals surface area contributed by atoms with Crippen LogP contribution in [0.25, 0.3) is 0 Å². The van der Waals surface area contributed by atoms with Crippen molar-refractivity contribution in [3.8, 4) is 0 Å². The Bertz CT molecular complexity index is 500. The van der Waals surface area contributed by atoms with Gasteiger partial charge in [0.05, 0.1) is 6.04 Å². The molecule has 0 bridgehead atoms. The molecule has 2 nitrogen and oxygen atoms in total. The molecule has 1 aromatic carbocycles. The van der Waals surface area contributed by atoms with Crippen molar-refractivity contribution in [1.82, 2.24) is 5.43 Å². The summed E-state index contributed by atoms with van der Waals surface area (Å²) in [5.41, 5.74) is 5.20. The standard InChI is InChI=1S/C14H17FN2S/c1-9-7-14(18-10(9)2)13(17-16)8-11-3-5-12(15)6-4-11/h3-7,13,17H,8,16H2,1-2H3. The van der Waals surface area contributed by atoms with Crippen molar-refractivity contribution in [2.75, 3.05) is 0 Å². The van der Waals surface area contributed by atoms with E-state index in [2.05, 4.69) is 25.3 Å². The van der Waals surface area contributed by atoms with Crippen LogP contribution in [0.2, 0.25) is 0 Å². The number of aryl methyl sites for hydroxylation is 2. The summed E-state index contributed by atoms with van der Waals surface area (Å²) >= 11 is 1.75. The molecule has 0 saturated carbocycles. The fourth-order valence-corrected chi connectivity index (χ4v) is 2.97. The van der Waals surface area contributed by atoms with Gasteiger partial charge in [-0.2, -0.15) is 0 Å². The highest BCUT2D eigenvalue weighted by Gasteiger charge is 2.14. The Morgan fingerprint density at radius 1 is 1.28 bits per heavy atom. The normalized spacial score (nSPS) is 12.7. The van der Waals surface area contributed by atoms with Crippen LogP contribution in [0.3, 0.4) is 0 Å². The zero-order valence-corrected chi connectivity index (χ0v) is 11.4. The number of halogens is 1. The van der Waals surface area contributed by atoms with Gasteiger partial charge >= 0.3 is 0 Å². The number of hydrogen-bond acceptors (Lipinski definition) is 3. The second kappa shape index (κ2) is 5.61. The molecule has 0 aliphatic heterocycles. The van der Waals surface area contributed by atoms with Gasteiger partial charge in [0, 0.05) is 9.75 Å². The molecular weight excluding hydrogens is 247 g/mol. The van der Waals surface area contributed by atoms with Crippen molar-refractivity contribution in [3.05, 3.63) is 57.0 Å². The molecule has 0 amide bonds. The largest absolute Gasteiger partial charge is 0.271 e. The van der Waals surface area contributed by atoms with Crippen LogP contribution in [0.1, 0.15) is 26.9 Å². The van der Waals surface area contributed by atoms with E-state index in [1.165, 1.54) is 27.5 Å². The van der Waals surface area contributed by atoms with Gasteiger partial charge in [0.1, 0.15) is 5.82 Å². The van der Waals surface area contributed by atoms with Gasteiger partial charge in [0.2, 0.25) is 0 Å². The van der Waals surface area contributed by atoms with Gasteiger partial charge in [0.15, 0.2) is 0 Å². The van der Waals surface area contributed by atoms with Crippen molar-refractivity contribution in [2.45, 2.75) is 26.3 Å². The molecule has 0 saturated heterocycles. The zero-order chi connectivity index (χ0) is 13.1. The maximum Gasteiger partial charge on any atom is 0.123 e. The molecule has 1 unspecified atom stereocenters. The molecule has 0 aliphatic carbocycles. The second-order valence-corrected chi connectivity index (χ2v) is 5.73. The minimum absolute atomic E-state index is 0.0767. The number of rotatable bonds is 4. The summed E-state index contributed by atoms with van der Waals surface area (Å²) in [5, 5.41) is 0. The summed E-state index contributed by atoms with van der Waals surface area (Å²) in [7, 11) is 0. The summed E-state index contributed by atoms with van der Waals surface area (Å²) in [6.07, 6.45) is 0.760. The van der Waals surface area contributed by atoms with Gasteiger partial charge < -0.3 is 0 Å². The van der Waals surface area contributed by atoms with Crippen molar-refractivity contribution in [3.63, 3.8) is 0 Å². The third kappa shape index (κ3) is 2.96. The number of nitrogens with one attached hydrogen (secondary N) is 1. The number of hydrogen-bond donors (Lipinski definition) is 2. The predicted molar refractivity (Wildman–Crippen MR) is 74.0 cm³/mol. The highest BCUT2D eigenvalue weighted by Crippen LogP contribution is 2.28. The van der Waals surface area contributed by atoms with Crippen LogP contribution in [-0.4, -0.2) is 0 Å². The summed E-state index contributed by atoms with van der Waals surface area (Å²) in [4.78, 5) is 2.53. The molecule has 1 aromatic heterocycles. The monoisotopic (exact) mass is 264 g/mol. The molecule has 0 fully saturated rings. The van der Waals surface area contributed by atoms with Crippen molar-refractivity contribution in [1.29, 1.82) is 0 Å². The molecule has 3 N–H and O–H groups in total. The van der Waals surface area contributed by atoms with E-state index in [1.807, 2.05) is 0 Å². The topological polar surface area (TPSA) is 38.0 Å². The van der Waals surface area contributed by atoms with Crippen LogP contribution < -0.4 is 11.3 Å². The lowest BCUT2D eigenvalue weighted by molar-refractivity contribution is 0.559. The van der Waals surface area contributed by atoms with Gasteiger partial charge in [0.25, 0.3) is 0 Å². The fraction of sp³-hybridized carbons (Fsp3) is 0.286. The van der Waals surface area contributed by atoms with Gasteiger partial charge in [-0.1, -0.05) is 12.1 Å². The first-order valence-corrected chi connectivity index (χ1v) is 6.69. The molecule has 0 radical (unpaired) electrons. The van der Waals surface area contributed by atoms with Gasteiger partial charge in [-0.15, -0.1) is 11.3 Å². The van der Waals surface area contributed by atoms with Gasteiger partial charge in [-0.3, -0.25) is 11.3 Å². The van der Waals surface area contributed by atoms with Crippen molar-refractivity contribution >= 4 is 11.3 Å². The van der Waals surface area contributed by atoms with E-state index < -0.39 is 0 Å². The van der Waals surface area contributed by atoms with E-state index in [-0.39, 0.29) is 11.9 Å². The molecule has 4 heteroatoms. The summed E-state index contributed by atoms with van der Waals surface area (Å²) in [5.74, 6) is 5.42. The molecule has 1 heterocycles. The summed E-state index contributed by atoms with van der Waals surface area (Å²) in [6, 6.07) is 8.79. The van der Waals surface area contributed by atoms with E-state index in [0.717, 1.165) is 12.0 Å². The van der Waals surface area contributed by atoms with Crippen LogP contribution in [0, 0.1) is 19.7 Å². The minimum Gasteiger partial charge on any atom is -0.271 e. The highest BCUT2D eigenvalue weighted by molar-refractivity contribution is 7.12. The Balaban J connectivity index is 2.16. The van der Waals surface area contributed by atoms with Crippen molar-refractivity contribution < 1.29 is 4.39 Å². The van der Waals surface area contributed by atoms with E-state index >= 15 is 0 Å². The van der Waals surface area contributed by atoms with Crippen LogP contribution in [0.4, 0.5) is 4.39 Å². The Morgan fingerprint density at radius 2 is 1.94 bits per heavy atom. The molecule has 1 atom stereocenters. The number of benzene rings is 1. The summed E-state index contributed by atoms with van der Waals surface area (Å²) < 4.78 is 12.8. The SMILES string of the molecule is Cc1cc(C(Cc2ccc(F)cc2)NN)sc1C. The maximum atomic E-state index is 12.8. The summed E-state index contributed by atoms with van der Waals surface area (Å²) in [6.45, 7) is 4.20. The number of hydrazine groups is 1. The molecule has 0 aliphatic rings. The number of nitrogens with two attached hydrogens (primary N) is 1. The smallest absolute Gasteiger partial charge is 0.123 e. The fourth-order valence-electron chi connectivity index (χ4n) is 1.87. The first kappa shape index (κ1) is 13.2. The Labute approximate surface area is 111 Å². The lowest BCUT2D eigenvalue weighted by atomic mass is 10.0. The third-order valence-corrected chi connectivity index (χ3v) is 4.35. The molecule has 18 heavy (non-hydrogen) atoms. The molecule has 2 aromatic rings. The molecule has 96 valence electrons. The average molecular weight is 264 g/mol. The van der Waals surface area contributed by atoms with E-state index in [1.54, 1.807) is 23.5 Å². The average Bonchev–Trinajstić information content (AvgIpc) is 2.69. The Morgan fingerprint density at radius 3 is 2.44 bits per heavy atom. The number of thiophene rings is 1. The van der Waals surface area contributed by atoms with Crippen LogP contribution in [-0.2, 0) is 6.42 Å².